The number of thioether (sulfide) groups is 1. The van der Waals surface area contributed by atoms with Gasteiger partial charge in [0.2, 0.25) is 0 Å². The Labute approximate surface area is 177 Å². The molecule has 29 heavy (non-hydrogen) atoms. The van der Waals surface area contributed by atoms with Crippen molar-refractivity contribution in [2.24, 2.45) is 5.92 Å². The predicted molar refractivity (Wildman–Crippen MR) is 116 cm³/mol. The Kier molecular flexibility index (Phi) is 8.96. The molecular weight excluding hydrogens is 388 g/mol. The maximum absolute atomic E-state index is 11.9. The number of benzene rings is 2. The highest BCUT2D eigenvalue weighted by Gasteiger charge is 2.24. The van der Waals surface area contributed by atoms with Crippen LogP contribution in [0.5, 0.6) is 0 Å². The molecule has 0 N–H and O–H groups in total. The summed E-state index contributed by atoms with van der Waals surface area (Å²) in [6, 6.07) is 13.3. The molecule has 0 amide bonds. The number of halogens is 2. The number of nitrogens with zero attached hydrogens (tertiary/aromatic N) is 1. The highest BCUT2D eigenvalue weighted by Crippen LogP contribution is 2.36. The minimum atomic E-state index is -0.411. The lowest BCUT2D eigenvalue weighted by atomic mass is 9.88. The Balaban J connectivity index is 0.000000252. The molecule has 0 spiro atoms. The first kappa shape index (κ1) is 22.3. The molecule has 2 nitrogen and oxygen atoms in total. The average molecular weight is 420 g/mol. The summed E-state index contributed by atoms with van der Waals surface area (Å²) in [4.78, 5) is 4.04. The lowest BCUT2D eigenvalue weighted by Gasteiger charge is -2.34. The Morgan fingerprint density at radius 3 is 1.97 bits per heavy atom. The van der Waals surface area contributed by atoms with Crippen LogP contribution in [-0.2, 0) is 4.74 Å². The van der Waals surface area contributed by atoms with E-state index in [0.717, 1.165) is 61.7 Å². The summed E-state index contributed by atoms with van der Waals surface area (Å²) in [5.74, 6) is 0.0933. The Hall–Kier alpha value is -1.43. The molecule has 0 radical (unpaired) electrons. The van der Waals surface area contributed by atoms with Crippen LogP contribution in [0.2, 0.25) is 0 Å². The van der Waals surface area contributed by atoms with Gasteiger partial charge >= 0.3 is 0 Å². The monoisotopic (exact) mass is 419 g/mol. The Bertz CT molecular complexity index is 688. The zero-order valence-corrected chi connectivity index (χ0v) is 18.0. The second kappa shape index (κ2) is 11.7. The quantitative estimate of drug-likeness (QED) is 0.608. The molecule has 0 unspecified atom stereocenters. The van der Waals surface area contributed by atoms with Crippen molar-refractivity contribution in [3.05, 3.63) is 65.7 Å². The topological polar surface area (TPSA) is 12.5 Å². The van der Waals surface area contributed by atoms with Crippen molar-refractivity contribution in [1.82, 2.24) is 4.90 Å². The van der Waals surface area contributed by atoms with Gasteiger partial charge in [-0.3, -0.25) is 4.90 Å². The first-order valence-electron chi connectivity index (χ1n) is 10.5. The molecule has 1 heterocycles. The summed E-state index contributed by atoms with van der Waals surface area (Å²) >= 11 is 2.09. The normalized spacial score (nSPS) is 22.6. The number of ether oxygens (including phenoxy) is 1. The van der Waals surface area contributed by atoms with Gasteiger partial charge in [0.05, 0.1) is 13.2 Å². The molecule has 1 saturated heterocycles. The van der Waals surface area contributed by atoms with Gasteiger partial charge in [-0.1, -0.05) is 17.7 Å². The van der Waals surface area contributed by atoms with E-state index in [2.05, 4.69) is 47.9 Å². The van der Waals surface area contributed by atoms with E-state index in [1.165, 1.54) is 42.7 Å². The van der Waals surface area contributed by atoms with Crippen molar-refractivity contribution >= 4 is 11.8 Å². The molecule has 2 aliphatic rings. The van der Waals surface area contributed by atoms with E-state index in [1.807, 2.05) is 0 Å². The Morgan fingerprint density at radius 1 is 0.862 bits per heavy atom. The van der Waals surface area contributed by atoms with Crippen LogP contribution < -0.4 is 0 Å². The van der Waals surface area contributed by atoms with E-state index in [-0.39, 0.29) is 0 Å². The molecule has 0 aromatic heterocycles. The third kappa shape index (κ3) is 8.07. The first-order valence-corrected chi connectivity index (χ1v) is 11.4. The lowest BCUT2D eigenvalue weighted by Crippen LogP contribution is -2.40. The van der Waals surface area contributed by atoms with E-state index in [1.54, 1.807) is 0 Å². The largest absolute Gasteiger partial charge is 0.379 e. The maximum Gasteiger partial charge on any atom is 0.123 e. The van der Waals surface area contributed by atoms with Crippen molar-refractivity contribution < 1.29 is 13.5 Å². The van der Waals surface area contributed by atoms with Crippen LogP contribution in [0, 0.1) is 24.5 Å². The van der Waals surface area contributed by atoms with Crippen LogP contribution >= 0.6 is 11.8 Å². The van der Waals surface area contributed by atoms with E-state index in [4.69, 9.17) is 4.74 Å². The number of aryl methyl sites for hydroxylation is 1. The standard InChI is InChI=1S/C18H27NOS.C6H4F2/c1-15-2-6-17(7-3-15)21-18-8-4-16(5-9-18)14-19-10-12-20-13-11-19;7-5-1-2-6(8)4-3-5/h2-3,6-7,16,18H,4-5,8-14H2,1H3;1-4H. The molecule has 1 aliphatic heterocycles. The van der Waals surface area contributed by atoms with Crippen LogP contribution in [0.15, 0.2) is 53.4 Å². The van der Waals surface area contributed by atoms with Crippen LogP contribution in [0.4, 0.5) is 8.78 Å². The molecule has 2 fully saturated rings. The summed E-state index contributed by atoms with van der Waals surface area (Å²) < 4.78 is 29.3. The van der Waals surface area contributed by atoms with Gasteiger partial charge in [0, 0.05) is 29.8 Å². The van der Waals surface area contributed by atoms with Gasteiger partial charge < -0.3 is 4.74 Å². The number of hydrogen-bond acceptors (Lipinski definition) is 3. The second-order valence-electron chi connectivity index (χ2n) is 7.92. The van der Waals surface area contributed by atoms with Crippen LogP contribution in [-0.4, -0.2) is 43.0 Å². The Morgan fingerprint density at radius 2 is 1.41 bits per heavy atom. The van der Waals surface area contributed by atoms with Crippen LogP contribution in [0.25, 0.3) is 0 Å². The molecule has 1 saturated carbocycles. The smallest absolute Gasteiger partial charge is 0.123 e. The van der Waals surface area contributed by atoms with Gasteiger partial charge in [0.15, 0.2) is 0 Å². The fraction of sp³-hybridized carbons (Fsp3) is 0.500. The van der Waals surface area contributed by atoms with Crippen LogP contribution in [0.1, 0.15) is 31.2 Å². The summed E-state index contributed by atoms with van der Waals surface area (Å²) in [7, 11) is 0. The summed E-state index contributed by atoms with van der Waals surface area (Å²) in [5.41, 5.74) is 1.36. The fourth-order valence-electron chi connectivity index (χ4n) is 3.82. The van der Waals surface area contributed by atoms with Gasteiger partial charge in [-0.2, -0.15) is 0 Å². The van der Waals surface area contributed by atoms with Crippen molar-refractivity contribution in [2.75, 3.05) is 32.8 Å². The van der Waals surface area contributed by atoms with Crippen molar-refractivity contribution in [1.29, 1.82) is 0 Å². The van der Waals surface area contributed by atoms with Gasteiger partial charge in [-0.15, -0.1) is 11.8 Å². The number of hydrogen-bond donors (Lipinski definition) is 0. The third-order valence-electron chi connectivity index (χ3n) is 5.54. The van der Waals surface area contributed by atoms with Crippen molar-refractivity contribution in [3.8, 4) is 0 Å². The maximum atomic E-state index is 11.9. The lowest BCUT2D eigenvalue weighted by molar-refractivity contribution is 0.0280. The molecule has 1 aliphatic carbocycles. The predicted octanol–water partition coefficient (Wildman–Crippen LogP) is 5.94. The zero-order valence-electron chi connectivity index (χ0n) is 17.2. The second-order valence-corrected chi connectivity index (χ2v) is 9.30. The van der Waals surface area contributed by atoms with Crippen molar-refractivity contribution in [3.63, 3.8) is 0 Å². The average Bonchev–Trinajstić information content (AvgIpc) is 2.75. The van der Waals surface area contributed by atoms with Crippen LogP contribution in [0.3, 0.4) is 0 Å². The highest BCUT2D eigenvalue weighted by molar-refractivity contribution is 8.00. The van der Waals surface area contributed by atoms with E-state index in [9.17, 15) is 8.78 Å². The minimum Gasteiger partial charge on any atom is -0.379 e. The number of morpholine rings is 1. The molecule has 2 aromatic carbocycles. The SMILES string of the molecule is Cc1ccc(SC2CCC(CN3CCOCC3)CC2)cc1.Fc1ccc(F)cc1. The molecule has 0 bridgehead atoms. The molecule has 5 heteroatoms. The van der Waals surface area contributed by atoms with E-state index < -0.39 is 11.6 Å². The van der Waals surface area contributed by atoms with E-state index in [0.29, 0.717) is 0 Å². The van der Waals surface area contributed by atoms with Gasteiger partial charge in [-0.25, -0.2) is 8.78 Å². The highest BCUT2D eigenvalue weighted by atomic mass is 32.2. The first-order chi connectivity index (χ1) is 14.1. The van der Waals surface area contributed by atoms with Gasteiger partial charge in [0.25, 0.3) is 0 Å². The molecule has 0 atom stereocenters. The third-order valence-corrected chi connectivity index (χ3v) is 6.89. The minimum absolute atomic E-state index is 0.411. The molecular formula is C24H31F2NOS. The molecule has 4 rings (SSSR count). The van der Waals surface area contributed by atoms with Gasteiger partial charge in [0.1, 0.15) is 11.6 Å². The zero-order chi connectivity index (χ0) is 20.5. The van der Waals surface area contributed by atoms with Crippen molar-refractivity contribution in [2.45, 2.75) is 42.8 Å². The summed E-state index contributed by atoms with van der Waals surface area (Å²) in [6.07, 6.45) is 5.57. The fourth-order valence-corrected chi connectivity index (χ4v) is 5.01. The van der Waals surface area contributed by atoms with Gasteiger partial charge in [-0.05, 0) is 74.9 Å². The number of rotatable bonds is 4. The summed E-state index contributed by atoms with van der Waals surface area (Å²) in [6.45, 7) is 7.59. The molecule has 158 valence electrons. The van der Waals surface area contributed by atoms with E-state index >= 15 is 0 Å². The molecule has 2 aromatic rings. The summed E-state index contributed by atoms with van der Waals surface area (Å²) in [5, 5.41) is 0.827.